The summed E-state index contributed by atoms with van der Waals surface area (Å²) in [5.41, 5.74) is 0. The third-order valence-electron chi connectivity index (χ3n) is 1.44. The van der Waals surface area contributed by atoms with Gasteiger partial charge in [0.15, 0.2) is 0 Å². The second kappa shape index (κ2) is 3.92. The van der Waals surface area contributed by atoms with E-state index in [0.29, 0.717) is 0 Å². The molecule has 0 aromatic heterocycles. The lowest BCUT2D eigenvalue weighted by atomic mass is 10.0. The van der Waals surface area contributed by atoms with E-state index in [0.717, 1.165) is 0 Å². The van der Waals surface area contributed by atoms with Crippen molar-refractivity contribution in [3.05, 3.63) is 0 Å². The number of nitrogens with one attached hydrogen (secondary N) is 1. The molecule has 0 fully saturated rings. The second-order valence-corrected chi connectivity index (χ2v) is 2.19. The van der Waals surface area contributed by atoms with Crippen molar-refractivity contribution in [2.75, 3.05) is 7.05 Å². The minimum atomic E-state index is -1.44. The molecule has 0 aromatic rings. The Labute approximate surface area is 64.0 Å². The van der Waals surface area contributed by atoms with Crippen molar-refractivity contribution in [2.45, 2.75) is 13.0 Å². The molecule has 0 aromatic carbocycles. The van der Waals surface area contributed by atoms with Gasteiger partial charge in [-0.2, -0.15) is 0 Å². The van der Waals surface area contributed by atoms with E-state index in [2.05, 4.69) is 5.32 Å². The molecule has 0 aliphatic rings. The van der Waals surface area contributed by atoms with E-state index in [1.54, 1.807) is 0 Å². The molecule has 0 amide bonds. The van der Waals surface area contributed by atoms with Gasteiger partial charge in [-0.15, -0.1) is 0 Å². The zero-order valence-electron chi connectivity index (χ0n) is 6.29. The molecule has 0 heterocycles. The predicted molar refractivity (Wildman–Crippen MR) is 32.0 cm³/mol. The smallest absolute Gasteiger partial charge is 0.0590 e. The molecule has 0 spiro atoms. The molecule has 64 valence electrons. The van der Waals surface area contributed by atoms with E-state index < -0.39 is 23.9 Å². The first kappa shape index (κ1) is 9.90. The fourth-order valence-corrected chi connectivity index (χ4v) is 0.708. The minimum absolute atomic E-state index is 1.09. The molecule has 2 atom stereocenters. The number of hydrogen-bond acceptors (Lipinski definition) is 5. The molecule has 0 bridgehead atoms. The maximum atomic E-state index is 10.2. The fraction of sp³-hybridized carbons (Fsp3) is 0.667. The van der Waals surface area contributed by atoms with Crippen LogP contribution in [0.25, 0.3) is 0 Å². The van der Waals surface area contributed by atoms with E-state index in [4.69, 9.17) is 0 Å². The van der Waals surface area contributed by atoms with E-state index in [1.807, 2.05) is 0 Å². The minimum Gasteiger partial charge on any atom is -0.550 e. The molecule has 0 aliphatic carbocycles. The lowest BCUT2D eigenvalue weighted by molar-refractivity contribution is -0.322. The monoisotopic (exact) mass is 159 g/mol. The Kier molecular flexibility index (Phi) is 3.53. The van der Waals surface area contributed by atoms with Gasteiger partial charge in [0, 0.05) is 11.9 Å². The van der Waals surface area contributed by atoms with E-state index >= 15 is 0 Å². The third-order valence-corrected chi connectivity index (χ3v) is 1.44. The van der Waals surface area contributed by atoms with Gasteiger partial charge in [-0.1, -0.05) is 6.92 Å². The van der Waals surface area contributed by atoms with E-state index in [9.17, 15) is 19.8 Å². The fourth-order valence-electron chi connectivity index (χ4n) is 0.708. The van der Waals surface area contributed by atoms with Crippen LogP contribution in [-0.4, -0.2) is 25.0 Å². The first-order chi connectivity index (χ1) is 5.00. The van der Waals surface area contributed by atoms with Gasteiger partial charge in [0.25, 0.3) is 0 Å². The van der Waals surface area contributed by atoms with Crippen molar-refractivity contribution >= 4 is 11.9 Å². The molecule has 0 saturated carbocycles. The van der Waals surface area contributed by atoms with Gasteiger partial charge < -0.3 is 25.1 Å². The zero-order valence-corrected chi connectivity index (χ0v) is 6.29. The summed E-state index contributed by atoms with van der Waals surface area (Å²) in [5, 5.41) is 22.7. The second-order valence-electron chi connectivity index (χ2n) is 2.19. The molecule has 0 rings (SSSR count). The van der Waals surface area contributed by atoms with Gasteiger partial charge in [-0.05, 0) is 7.05 Å². The summed E-state index contributed by atoms with van der Waals surface area (Å²) < 4.78 is 0. The van der Waals surface area contributed by atoms with Crippen molar-refractivity contribution in [1.82, 2.24) is 5.32 Å². The van der Waals surface area contributed by atoms with Crippen LogP contribution in [0.5, 0.6) is 0 Å². The van der Waals surface area contributed by atoms with Crippen molar-refractivity contribution < 1.29 is 19.8 Å². The number of aliphatic carboxylic acids is 2. The standard InChI is InChI=1S/C6H11NO4/c1-3(5(8)9)4(7-2)6(10)11/h3-4,7H,1-2H3,(H,8,9)(H,10,11)/p-2. The lowest BCUT2D eigenvalue weighted by Crippen LogP contribution is -2.52. The normalized spacial score (nSPS) is 15.5. The summed E-state index contributed by atoms with van der Waals surface area (Å²) in [6.07, 6.45) is 0. The molecule has 11 heavy (non-hydrogen) atoms. The number of hydrogen-bond donors (Lipinski definition) is 1. The third kappa shape index (κ3) is 2.55. The average molecular weight is 159 g/mol. The molecule has 0 saturated heterocycles. The Morgan fingerprint density at radius 2 is 1.73 bits per heavy atom. The van der Waals surface area contributed by atoms with Gasteiger partial charge in [-0.25, -0.2) is 0 Å². The number of carbonyl (C=O) groups is 2. The Bertz CT molecular complexity index is 168. The SMILES string of the molecule is CNC(C(=O)[O-])C(C)C(=O)[O-]. The van der Waals surface area contributed by atoms with Crippen LogP contribution >= 0.6 is 0 Å². The van der Waals surface area contributed by atoms with Crippen molar-refractivity contribution in [3.8, 4) is 0 Å². The molecule has 5 nitrogen and oxygen atoms in total. The van der Waals surface area contributed by atoms with Crippen LogP contribution in [0.4, 0.5) is 0 Å². The number of carboxylic acid groups (broad SMARTS) is 2. The first-order valence-corrected chi connectivity index (χ1v) is 3.09. The average Bonchev–Trinajstić information content (AvgIpc) is 1.88. The lowest BCUT2D eigenvalue weighted by Gasteiger charge is -2.24. The Hall–Kier alpha value is -1.10. The molecule has 0 aliphatic heterocycles. The highest BCUT2D eigenvalue weighted by Crippen LogP contribution is 1.99. The van der Waals surface area contributed by atoms with Gasteiger partial charge >= 0.3 is 0 Å². The number of carboxylic acids is 2. The van der Waals surface area contributed by atoms with Gasteiger partial charge in [-0.3, -0.25) is 0 Å². The summed E-state index contributed by atoms with van der Waals surface area (Å²) >= 11 is 0. The van der Waals surface area contributed by atoms with Crippen LogP contribution < -0.4 is 15.5 Å². The van der Waals surface area contributed by atoms with E-state index in [-0.39, 0.29) is 0 Å². The quantitative estimate of drug-likeness (QED) is 0.464. The van der Waals surface area contributed by atoms with Crippen LogP contribution in [0.2, 0.25) is 0 Å². The topological polar surface area (TPSA) is 92.3 Å². The van der Waals surface area contributed by atoms with Crippen LogP contribution in [0, 0.1) is 5.92 Å². The summed E-state index contributed by atoms with van der Waals surface area (Å²) in [6.45, 7) is 1.24. The molecule has 1 N–H and O–H groups in total. The Morgan fingerprint density at radius 3 is 1.82 bits per heavy atom. The zero-order chi connectivity index (χ0) is 9.02. The van der Waals surface area contributed by atoms with Crippen molar-refractivity contribution in [1.29, 1.82) is 0 Å². The summed E-state index contributed by atoms with van der Waals surface area (Å²) in [7, 11) is 1.35. The highest BCUT2D eigenvalue weighted by Gasteiger charge is 2.16. The van der Waals surface area contributed by atoms with E-state index in [1.165, 1.54) is 14.0 Å². The summed E-state index contributed by atoms with van der Waals surface area (Å²) in [5.74, 6) is -3.94. The molecular weight excluding hydrogens is 150 g/mol. The van der Waals surface area contributed by atoms with Gasteiger partial charge in [0.1, 0.15) is 0 Å². The van der Waals surface area contributed by atoms with Crippen molar-refractivity contribution in [3.63, 3.8) is 0 Å². The maximum Gasteiger partial charge on any atom is 0.0590 e. The van der Waals surface area contributed by atoms with Crippen LogP contribution in [0.15, 0.2) is 0 Å². The summed E-state index contributed by atoms with van der Waals surface area (Å²) in [4.78, 5) is 20.4. The number of rotatable bonds is 4. The highest BCUT2D eigenvalue weighted by molar-refractivity contribution is 5.80. The Morgan fingerprint density at radius 1 is 1.27 bits per heavy atom. The van der Waals surface area contributed by atoms with Gasteiger partial charge in [0.05, 0.1) is 12.0 Å². The molecule has 5 heteroatoms. The van der Waals surface area contributed by atoms with Crippen LogP contribution in [0.1, 0.15) is 6.92 Å². The predicted octanol–water partition coefficient (Wildman–Crippen LogP) is -3.29. The molecule has 2 unspecified atom stereocenters. The van der Waals surface area contributed by atoms with Gasteiger partial charge in [0.2, 0.25) is 0 Å². The van der Waals surface area contributed by atoms with Crippen LogP contribution in [-0.2, 0) is 9.59 Å². The Balaban J connectivity index is 4.25. The number of carbonyl (C=O) groups excluding carboxylic acids is 2. The van der Waals surface area contributed by atoms with Crippen LogP contribution in [0.3, 0.4) is 0 Å². The maximum absolute atomic E-state index is 10.2. The van der Waals surface area contributed by atoms with Crippen molar-refractivity contribution in [2.24, 2.45) is 5.92 Å². The largest absolute Gasteiger partial charge is 0.550 e. The summed E-state index contributed by atoms with van der Waals surface area (Å²) in [6, 6.07) is -1.19. The molecular formula is C6H9NO4-2. The highest BCUT2D eigenvalue weighted by atomic mass is 16.4. The first-order valence-electron chi connectivity index (χ1n) is 3.09. The molecule has 0 radical (unpaired) electrons. The number of likely N-dealkylation sites (N-methyl/N-ethyl adjacent to an activating group) is 1.